The molecule has 1 aromatic rings. The van der Waals surface area contributed by atoms with Crippen LogP contribution in [-0.4, -0.2) is 23.9 Å². The second kappa shape index (κ2) is 5.21. The zero-order chi connectivity index (χ0) is 11.4. The van der Waals surface area contributed by atoms with Crippen LogP contribution in [0.25, 0.3) is 0 Å². The summed E-state index contributed by atoms with van der Waals surface area (Å²) in [5.41, 5.74) is 2.12. The van der Waals surface area contributed by atoms with E-state index in [0.29, 0.717) is 12.2 Å². The molecule has 0 spiro atoms. The van der Waals surface area contributed by atoms with E-state index < -0.39 is 0 Å². The van der Waals surface area contributed by atoms with E-state index in [-0.39, 0.29) is 5.92 Å². The quantitative estimate of drug-likeness (QED) is 0.830. The van der Waals surface area contributed by atoms with Gasteiger partial charge >= 0.3 is 0 Å². The van der Waals surface area contributed by atoms with E-state index in [1.807, 2.05) is 12.3 Å². The molecule has 1 saturated heterocycles. The highest BCUT2D eigenvalue weighted by atomic mass is 16.1. The number of ketones is 1. The molecule has 2 heterocycles. The molecule has 1 aromatic heterocycles. The summed E-state index contributed by atoms with van der Waals surface area (Å²) >= 11 is 0. The van der Waals surface area contributed by atoms with Crippen LogP contribution in [0.5, 0.6) is 0 Å². The van der Waals surface area contributed by atoms with Gasteiger partial charge in [0, 0.05) is 30.8 Å². The smallest absolute Gasteiger partial charge is 0.143 e. The van der Waals surface area contributed by atoms with E-state index in [9.17, 15) is 4.79 Å². The van der Waals surface area contributed by atoms with Crippen molar-refractivity contribution in [3.8, 4) is 0 Å². The molecule has 1 N–H and O–H groups in total. The molecule has 3 nitrogen and oxygen atoms in total. The maximum Gasteiger partial charge on any atom is 0.143 e. The van der Waals surface area contributed by atoms with Crippen molar-refractivity contribution in [3.05, 3.63) is 29.6 Å². The Kier molecular flexibility index (Phi) is 3.67. The number of nitrogens with zero attached hydrogens (tertiary/aromatic N) is 1. The van der Waals surface area contributed by atoms with Gasteiger partial charge in [0.15, 0.2) is 0 Å². The number of carbonyl (C=O) groups is 1. The average molecular weight is 218 g/mol. The van der Waals surface area contributed by atoms with Crippen LogP contribution in [0.2, 0.25) is 0 Å². The highest BCUT2D eigenvalue weighted by molar-refractivity contribution is 5.83. The molecule has 1 atom stereocenters. The van der Waals surface area contributed by atoms with E-state index in [0.717, 1.165) is 31.6 Å². The first-order chi connectivity index (χ1) is 7.79. The molecule has 1 fully saturated rings. The number of Topliss-reactive ketones (excluding diaryl/α,β-unsaturated/α-hetero) is 1. The Morgan fingerprint density at radius 1 is 1.56 bits per heavy atom. The molecule has 2 rings (SSSR count). The number of rotatable bonds is 4. The van der Waals surface area contributed by atoms with E-state index >= 15 is 0 Å². The Labute approximate surface area is 96.3 Å². The van der Waals surface area contributed by atoms with E-state index in [1.54, 1.807) is 0 Å². The van der Waals surface area contributed by atoms with Gasteiger partial charge in [-0.15, -0.1) is 0 Å². The topological polar surface area (TPSA) is 42.0 Å². The lowest BCUT2D eigenvalue weighted by Gasteiger charge is -2.06. The van der Waals surface area contributed by atoms with Crippen LogP contribution < -0.4 is 5.32 Å². The third-order valence-electron chi connectivity index (χ3n) is 3.17. The number of nitrogens with one attached hydrogen (secondary N) is 1. The van der Waals surface area contributed by atoms with Gasteiger partial charge in [0.2, 0.25) is 0 Å². The Morgan fingerprint density at radius 3 is 3.00 bits per heavy atom. The Bertz CT molecular complexity index is 353. The Balaban J connectivity index is 1.94. The molecule has 1 unspecified atom stereocenters. The van der Waals surface area contributed by atoms with Gasteiger partial charge < -0.3 is 5.32 Å². The Morgan fingerprint density at radius 2 is 2.44 bits per heavy atom. The van der Waals surface area contributed by atoms with Gasteiger partial charge in [-0.2, -0.15) is 0 Å². The number of hydrogen-bond acceptors (Lipinski definition) is 3. The van der Waals surface area contributed by atoms with Gasteiger partial charge in [-0.1, -0.05) is 13.0 Å². The van der Waals surface area contributed by atoms with Gasteiger partial charge in [0.05, 0.1) is 0 Å². The van der Waals surface area contributed by atoms with Gasteiger partial charge in [-0.05, 0) is 31.0 Å². The van der Waals surface area contributed by atoms with E-state index in [4.69, 9.17) is 0 Å². The predicted molar refractivity (Wildman–Crippen MR) is 63.3 cm³/mol. The third-order valence-corrected chi connectivity index (χ3v) is 3.17. The Hall–Kier alpha value is -1.22. The van der Waals surface area contributed by atoms with E-state index in [2.05, 4.69) is 23.3 Å². The normalized spacial score (nSPS) is 19.9. The SMILES string of the molecule is CCc1ccc(CC(=O)C2CCNC2)nc1. The van der Waals surface area contributed by atoms with Crippen LogP contribution in [0.4, 0.5) is 0 Å². The van der Waals surface area contributed by atoms with Gasteiger partial charge in [0.1, 0.15) is 5.78 Å². The first-order valence-corrected chi connectivity index (χ1v) is 5.97. The summed E-state index contributed by atoms with van der Waals surface area (Å²) in [7, 11) is 0. The first-order valence-electron chi connectivity index (χ1n) is 5.97. The van der Waals surface area contributed by atoms with Crippen LogP contribution in [-0.2, 0) is 17.6 Å². The number of pyridine rings is 1. The molecular formula is C13H18N2O. The fourth-order valence-corrected chi connectivity index (χ4v) is 2.02. The van der Waals surface area contributed by atoms with Crippen molar-refractivity contribution in [3.63, 3.8) is 0 Å². The van der Waals surface area contributed by atoms with Crippen molar-refractivity contribution in [1.82, 2.24) is 10.3 Å². The summed E-state index contributed by atoms with van der Waals surface area (Å²) in [5, 5.41) is 3.22. The molecule has 0 amide bonds. The molecule has 0 aliphatic carbocycles. The number of aryl methyl sites for hydroxylation is 1. The molecule has 1 aliphatic rings. The van der Waals surface area contributed by atoms with Crippen molar-refractivity contribution >= 4 is 5.78 Å². The monoisotopic (exact) mass is 218 g/mol. The predicted octanol–water partition coefficient (Wildman–Crippen LogP) is 1.37. The van der Waals surface area contributed by atoms with Crippen molar-refractivity contribution < 1.29 is 4.79 Å². The van der Waals surface area contributed by atoms with Crippen molar-refractivity contribution in [1.29, 1.82) is 0 Å². The summed E-state index contributed by atoms with van der Waals surface area (Å²) in [6.07, 6.45) is 4.32. The van der Waals surface area contributed by atoms with Crippen molar-refractivity contribution in [2.45, 2.75) is 26.2 Å². The lowest BCUT2D eigenvalue weighted by Crippen LogP contribution is -2.19. The van der Waals surface area contributed by atoms with E-state index in [1.165, 1.54) is 5.56 Å². The lowest BCUT2D eigenvalue weighted by molar-refractivity contribution is -0.121. The standard InChI is InChI=1S/C13H18N2O/c1-2-10-3-4-12(15-8-10)7-13(16)11-5-6-14-9-11/h3-4,8,11,14H,2,5-7,9H2,1H3. The van der Waals surface area contributed by atoms with Gasteiger partial charge in [-0.25, -0.2) is 0 Å². The molecule has 1 aliphatic heterocycles. The summed E-state index contributed by atoms with van der Waals surface area (Å²) in [4.78, 5) is 16.2. The molecule has 16 heavy (non-hydrogen) atoms. The summed E-state index contributed by atoms with van der Waals surface area (Å²) < 4.78 is 0. The minimum Gasteiger partial charge on any atom is -0.316 e. The van der Waals surface area contributed by atoms with Crippen LogP contribution in [0.15, 0.2) is 18.3 Å². The number of carbonyl (C=O) groups excluding carboxylic acids is 1. The van der Waals surface area contributed by atoms with Gasteiger partial charge in [0.25, 0.3) is 0 Å². The highest BCUT2D eigenvalue weighted by Crippen LogP contribution is 2.12. The first kappa shape index (κ1) is 11.3. The molecular weight excluding hydrogens is 200 g/mol. The summed E-state index contributed by atoms with van der Waals surface area (Å²) in [6.45, 7) is 3.91. The fourth-order valence-electron chi connectivity index (χ4n) is 2.02. The third kappa shape index (κ3) is 2.67. The van der Waals surface area contributed by atoms with Crippen LogP contribution in [0, 0.1) is 5.92 Å². The minimum absolute atomic E-state index is 0.202. The second-order valence-corrected chi connectivity index (χ2v) is 4.34. The molecule has 86 valence electrons. The largest absolute Gasteiger partial charge is 0.316 e. The molecule has 0 bridgehead atoms. The molecule has 3 heteroatoms. The summed E-state index contributed by atoms with van der Waals surface area (Å²) in [5.74, 6) is 0.523. The highest BCUT2D eigenvalue weighted by Gasteiger charge is 2.22. The maximum atomic E-state index is 11.9. The van der Waals surface area contributed by atoms with Gasteiger partial charge in [-0.3, -0.25) is 9.78 Å². The van der Waals surface area contributed by atoms with Crippen LogP contribution >= 0.6 is 0 Å². The van der Waals surface area contributed by atoms with Crippen LogP contribution in [0.1, 0.15) is 24.6 Å². The average Bonchev–Trinajstić information content (AvgIpc) is 2.83. The molecule has 0 radical (unpaired) electrons. The van der Waals surface area contributed by atoms with Crippen molar-refractivity contribution in [2.24, 2.45) is 5.92 Å². The zero-order valence-corrected chi connectivity index (χ0v) is 9.70. The molecule has 0 saturated carbocycles. The maximum absolute atomic E-state index is 11.9. The second-order valence-electron chi connectivity index (χ2n) is 4.34. The summed E-state index contributed by atoms with van der Waals surface area (Å²) in [6, 6.07) is 4.03. The minimum atomic E-state index is 0.202. The zero-order valence-electron chi connectivity index (χ0n) is 9.70. The molecule has 0 aromatic carbocycles. The van der Waals surface area contributed by atoms with Crippen LogP contribution in [0.3, 0.4) is 0 Å². The number of hydrogen-bond donors (Lipinski definition) is 1. The van der Waals surface area contributed by atoms with Crippen molar-refractivity contribution in [2.75, 3.05) is 13.1 Å². The number of aromatic nitrogens is 1. The lowest BCUT2D eigenvalue weighted by atomic mass is 9.99. The fraction of sp³-hybridized carbons (Fsp3) is 0.538.